The molecule has 0 radical (unpaired) electrons. The third-order valence-corrected chi connectivity index (χ3v) is 6.21. The number of methoxy groups -OCH3 is 2. The largest absolute Gasteiger partial charge is 0.497 e. The van der Waals surface area contributed by atoms with Crippen LogP contribution in [0.4, 0.5) is 15.9 Å². The monoisotopic (exact) mass is 517 g/mol. The fraction of sp³-hybridized carbons (Fsp3) is 0.269. The van der Waals surface area contributed by atoms with Crippen molar-refractivity contribution in [3.8, 4) is 11.5 Å². The van der Waals surface area contributed by atoms with Gasteiger partial charge in [-0.05, 0) is 12.1 Å². The molecule has 0 atom stereocenters. The van der Waals surface area contributed by atoms with Crippen LogP contribution < -0.4 is 25.4 Å². The smallest absolute Gasteiger partial charge is 0.188 e. The molecule has 1 aliphatic rings. The van der Waals surface area contributed by atoms with Crippen molar-refractivity contribution in [3.63, 3.8) is 0 Å². The summed E-state index contributed by atoms with van der Waals surface area (Å²) in [6.07, 6.45) is 5.43. The molecule has 0 saturated carbocycles. The molecule has 4 heterocycles. The molecule has 1 aliphatic heterocycles. The first kappa shape index (κ1) is 25.1. The fourth-order valence-corrected chi connectivity index (χ4v) is 4.32. The Balaban J connectivity index is 1.64. The summed E-state index contributed by atoms with van der Waals surface area (Å²) in [5.41, 5.74) is 10.1. The van der Waals surface area contributed by atoms with Crippen LogP contribution in [0.15, 0.2) is 41.7 Å². The summed E-state index contributed by atoms with van der Waals surface area (Å²) in [6.45, 7) is 1.77. The fourth-order valence-electron chi connectivity index (χ4n) is 4.32. The van der Waals surface area contributed by atoms with Crippen molar-refractivity contribution in [1.82, 2.24) is 30.2 Å². The number of allylic oxidation sites excluding steroid dienone is 1. The zero-order valence-electron chi connectivity index (χ0n) is 21.3. The first-order valence-corrected chi connectivity index (χ1v) is 12.0. The molecule has 3 aromatic heterocycles. The van der Waals surface area contributed by atoms with Gasteiger partial charge in [0.05, 0.1) is 49.7 Å². The highest BCUT2D eigenvalue weighted by molar-refractivity contribution is 6.09. The number of hydrogen-bond acceptors (Lipinski definition) is 10. The lowest BCUT2D eigenvalue weighted by Crippen LogP contribution is -2.23. The summed E-state index contributed by atoms with van der Waals surface area (Å²) >= 11 is 0. The van der Waals surface area contributed by atoms with Gasteiger partial charge >= 0.3 is 0 Å². The number of rotatable bonds is 8. The zero-order valence-corrected chi connectivity index (χ0v) is 21.3. The molecule has 0 bridgehead atoms. The first-order chi connectivity index (χ1) is 18.5. The van der Waals surface area contributed by atoms with E-state index in [4.69, 9.17) is 25.2 Å². The van der Waals surface area contributed by atoms with Gasteiger partial charge in [0.25, 0.3) is 0 Å². The lowest BCUT2D eigenvalue weighted by Gasteiger charge is -2.25. The van der Waals surface area contributed by atoms with Gasteiger partial charge in [0, 0.05) is 56.7 Å². The van der Waals surface area contributed by atoms with Gasteiger partial charge in [-0.1, -0.05) is 0 Å². The van der Waals surface area contributed by atoms with Crippen molar-refractivity contribution in [2.24, 2.45) is 10.7 Å². The number of aliphatic imine (C=N–C) groups is 1. The average Bonchev–Trinajstić information content (AvgIpc) is 3.37. The number of aromatic nitrogens is 5. The standard InChI is InChI=1S/C26H28FN9O2/c1-29-11-15(10-28)19-13-31-18-4-5-24(35-26(18)34-19)36(14-23-32-17-6-7-30-12-20(17)33-23)21-8-16(37-2)9-22(38-3)25(21)27/h4-5,8-11,13,30H,6-7,12,14,28H2,1-3H3,(H,32,33). The number of nitrogens with two attached hydrogens (primary N) is 1. The molecule has 0 aliphatic carbocycles. The maximum Gasteiger partial charge on any atom is 0.188 e. The number of anilines is 2. The predicted molar refractivity (Wildman–Crippen MR) is 143 cm³/mol. The van der Waals surface area contributed by atoms with E-state index in [9.17, 15) is 0 Å². The van der Waals surface area contributed by atoms with E-state index in [1.165, 1.54) is 26.5 Å². The van der Waals surface area contributed by atoms with E-state index in [0.717, 1.165) is 24.4 Å². The van der Waals surface area contributed by atoms with Crippen LogP contribution in [-0.4, -0.2) is 58.9 Å². The lowest BCUT2D eigenvalue weighted by molar-refractivity contribution is 0.374. The summed E-state index contributed by atoms with van der Waals surface area (Å²) in [4.78, 5) is 27.7. The van der Waals surface area contributed by atoms with E-state index < -0.39 is 5.82 Å². The van der Waals surface area contributed by atoms with Gasteiger partial charge in [0.15, 0.2) is 17.2 Å². The van der Waals surface area contributed by atoms with E-state index in [-0.39, 0.29) is 18.0 Å². The number of aromatic amines is 1. The molecular weight excluding hydrogens is 489 g/mol. The maximum absolute atomic E-state index is 15.7. The molecule has 11 nitrogen and oxygen atoms in total. The SMILES string of the molecule is CN=CC(=CN)c1cnc2ccc(N(Cc3nc4c([nH]3)CNCC4)c3cc(OC)cc(OC)c3F)nc2n1. The van der Waals surface area contributed by atoms with E-state index in [2.05, 4.69) is 25.3 Å². The van der Waals surface area contributed by atoms with Crippen molar-refractivity contribution >= 4 is 34.5 Å². The van der Waals surface area contributed by atoms with Crippen LogP contribution in [0, 0.1) is 5.82 Å². The molecular formula is C26H28FN9O2. The van der Waals surface area contributed by atoms with Crippen molar-refractivity contribution in [1.29, 1.82) is 0 Å². The summed E-state index contributed by atoms with van der Waals surface area (Å²) in [6, 6.07) is 6.65. The summed E-state index contributed by atoms with van der Waals surface area (Å²) in [5, 5.41) is 3.33. The number of nitrogens with one attached hydrogen (secondary N) is 2. The Morgan fingerprint density at radius 1 is 1.21 bits per heavy atom. The van der Waals surface area contributed by atoms with E-state index in [1.807, 2.05) is 0 Å². The summed E-state index contributed by atoms with van der Waals surface area (Å²) < 4.78 is 26.4. The first-order valence-electron chi connectivity index (χ1n) is 12.0. The van der Waals surface area contributed by atoms with Crippen molar-refractivity contribution in [2.45, 2.75) is 19.5 Å². The van der Waals surface area contributed by atoms with Crippen LogP contribution in [-0.2, 0) is 19.5 Å². The van der Waals surface area contributed by atoms with Crippen molar-refractivity contribution < 1.29 is 13.9 Å². The normalized spacial score (nSPS) is 13.6. The highest BCUT2D eigenvalue weighted by Gasteiger charge is 2.24. The number of fused-ring (bicyclic) bond motifs is 2. The van der Waals surface area contributed by atoms with Gasteiger partial charge in [-0.25, -0.2) is 19.3 Å². The van der Waals surface area contributed by atoms with Gasteiger partial charge < -0.3 is 30.4 Å². The Bertz CT molecular complexity index is 1510. The quantitative estimate of drug-likeness (QED) is 0.301. The van der Waals surface area contributed by atoms with Gasteiger partial charge in [-0.2, -0.15) is 0 Å². The highest BCUT2D eigenvalue weighted by atomic mass is 19.1. The number of nitrogens with zero attached hydrogens (tertiary/aromatic N) is 6. The minimum Gasteiger partial charge on any atom is -0.497 e. The van der Waals surface area contributed by atoms with Crippen molar-refractivity contribution in [3.05, 3.63) is 65.4 Å². The van der Waals surface area contributed by atoms with Crippen LogP contribution in [0.1, 0.15) is 22.9 Å². The molecule has 0 amide bonds. The molecule has 12 heteroatoms. The highest BCUT2D eigenvalue weighted by Crippen LogP contribution is 2.37. The average molecular weight is 518 g/mol. The van der Waals surface area contributed by atoms with Crippen LogP contribution in [0.3, 0.4) is 0 Å². The molecule has 4 aromatic rings. The van der Waals surface area contributed by atoms with Crippen LogP contribution in [0.5, 0.6) is 11.5 Å². The Morgan fingerprint density at radius 2 is 2.08 bits per heavy atom. The number of ether oxygens (including phenoxy) is 2. The number of benzene rings is 1. The van der Waals surface area contributed by atoms with Gasteiger partial charge in [-0.15, -0.1) is 0 Å². The Kier molecular flexibility index (Phi) is 7.13. The second-order valence-corrected chi connectivity index (χ2v) is 8.56. The number of pyridine rings is 1. The molecule has 1 aromatic carbocycles. The molecule has 4 N–H and O–H groups in total. The maximum atomic E-state index is 15.7. The van der Waals surface area contributed by atoms with Gasteiger partial charge in [0.2, 0.25) is 0 Å². The van der Waals surface area contributed by atoms with Crippen LogP contribution in [0.2, 0.25) is 0 Å². The molecule has 0 saturated heterocycles. The van der Waals surface area contributed by atoms with Crippen molar-refractivity contribution in [2.75, 3.05) is 32.7 Å². The number of halogens is 1. The lowest BCUT2D eigenvalue weighted by atomic mass is 10.2. The predicted octanol–water partition coefficient (Wildman–Crippen LogP) is 2.89. The third kappa shape index (κ3) is 4.85. The third-order valence-electron chi connectivity index (χ3n) is 6.21. The van der Waals surface area contributed by atoms with Crippen LogP contribution in [0.25, 0.3) is 16.7 Å². The molecule has 0 spiro atoms. The minimum atomic E-state index is -0.555. The molecule has 5 rings (SSSR count). The molecule has 38 heavy (non-hydrogen) atoms. The van der Waals surface area contributed by atoms with Crippen LogP contribution >= 0.6 is 0 Å². The molecule has 196 valence electrons. The van der Waals surface area contributed by atoms with Gasteiger partial charge in [-0.3, -0.25) is 9.98 Å². The number of H-pyrrole nitrogens is 1. The van der Waals surface area contributed by atoms with E-state index >= 15 is 4.39 Å². The van der Waals surface area contributed by atoms with Gasteiger partial charge in [0.1, 0.15) is 22.9 Å². The van der Waals surface area contributed by atoms with E-state index in [1.54, 1.807) is 42.6 Å². The summed E-state index contributed by atoms with van der Waals surface area (Å²) in [7, 11) is 4.57. The molecule has 0 fully saturated rings. The summed E-state index contributed by atoms with van der Waals surface area (Å²) in [5.74, 6) is 1.04. The Hall–Kier alpha value is -4.58. The van der Waals surface area contributed by atoms with E-state index in [0.29, 0.717) is 46.4 Å². The zero-order chi connectivity index (χ0) is 26.6. The second kappa shape index (κ2) is 10.8. The second-order valence-electron chi connectivity index (χ2n) is 8.56. The number of hydrogen-bond donors (Lipinski definition) is 3. The topological polar surface area (TPSA) is 139 Å². The molecule has 0 unspecified atom stereocenters. The minimum absolute atomic E-state index is 0.0479. The Morgan fingerprint density at radius 3 is 2.82 bits per heavy atom. The Labute approximate surface area is 218 Å². The number of imidazole rings is 1.